The van der Waals surface area contributed by atoms with E-state index in [1.807, 2.05) is 26.1 Å². The minimum absolute atomic E-state index is 0.0653. The molecule has 0 aliphatic rings. The number of amides is 1. The average molecular weight is 271 g/mol. The molecule has 1 aromatic carbocycles. The van der Waals surface area contributed by atoms with E-state index < -0.39 is 11.6 Å². The summed E-state index contributed by atoms with van der Waals surface area (Å²) in [6, 6.07) is 3.49. The molecule has 0 saturated heterocycles. The molecule has 106 valence electrons. The van der Waals surface area contributed by atoms with Gasteiger partial charge in [0.1, 0.15) is 6.04 Å². The van der Waals surface area contributed by atoms with Gasteiger partial charge in [-0.25, -0.2) is 8.78 Å². The number of rotatable bonds is 5. The van der Waals surface area contributed by atoms with Crippen molar-refractivity contribution in [2.45, 2.75) is 45.8 Å². The average Bonchev–Trinajstić information content (AvgIpc) is 2.31. The van der Waals surface area contributed by atoms with Gasteiger partial charge in [0.2, 0.25) is 0 Å². The predicted octanol–water partition coefficient (Wildman–Crippen LogP) is 1.50. The van der Waals surface area contributed by atoms with Crippen LogP contribution < -0.4 is 10.6 Å². The van der Waals surface area contributed by atoms with Gasteiger partial charge in [0.15, 0.2) is 17.7 Å². The van der Waals surface area contributed by atoms with E-state index >= 15 is 0 Å². The minimum Gasteiger partial charge on any atom is -0.349 e. The maximum atomic E-state index is 13.1. The third kappa shape index (κ3) is 4.59. The van der Waals surface area contributed by atoms with E-state index in [1.165, 1.54) is 12.1 Å². The first-order valence-corrected chi connectivity index (χ1v) is 6.41. The van der Waals surface area contributed by atoms with Gasteiger partial charge in [-0.15, -0.1) is 0 Å². The Kier molecular flexibility index (Phi) is 5.42. The van der Waals surface area contributed by atoms with Gasteiger partial charge in [0.05, 0.1) is 0 Å². The zero-order valence-electron chi connectivity index (χ0n) is 11.7. The molecule has 3 N–H and O–H groups in total. The van der Waals surface area contributed by atoms with Crippen LogP contribution in [0.1, 0.15) is 39.3 Å². The molecule has 0 aliphatic heterocycles. The molecule has 1 aromatic rings. The summed E-state index contributed by atoms with van der Waals surface area (Å²) in [5.74, 6) is -1.79. The molecule has 3 nitrogen and oxygen atoms in total. The molecule has 19 heavy (non-hydrogen) atoms. The lowest BCUT2D eigenvalue weighted by Crippen LogP contribution is -2.92. The predicted molar refractivity (Wildman–Crippen MR) is 69.4 cm³/mol. The SMILES string of the molecule is CC(C)NC(=O)[C@@H](C)[NH2+][C@@H](C)c1ccc(F)c(F)c1. The maximum absolute atomic E-state index is 13.1. The Hall–Kier alpha value is -1.49. The van der Waals surface area contributed by atoms with Gasteiger partial charge < -0.3 is 10.6 Å². The Labute approximate surface area is 112 Å². The normalized spacial score (nSPS) is 14.3. The van der Waals surface area contributed by atoms with Crippen molar-refractivity contribution < 1.29 is 18.9 Å². The molecule has 2 atom stereocenters. The highest BCUT2D eigenvalue weighted by Gasteiger charge is 2.21. The highest BCUT2D eigenvalue weighted by molar-refractivity contribution is 5.80. The summed E-state index contributed by atoms with van der Waals surface area (Å²) in [6.07, 6.45) is 0. The quantitative estimate of drug-likeness (QED) is 0.837. The van der Waals surface area contributed by atoms with Gasteiger partial charge in [-0.2, -0.15) is 0 Å². The van der Waals surface area contributed by atoms with Gasteiger partial charge in [-0.05, 0) is 45.9 Å². The summed E-state index contributed by atoms with van der Waals surface area (Å²) >= 11 is 0. The van der Waals surface area contributed by atoms with E-state index in [0.29, 0.717) is 5.56 Å². The van der Waals surface area contributed by atoms with Crippen molar-refractivity contribution in [3.05, 3.63) is 35.4 Å². The molecule has 0 unspecified atom stereocenters. The molecule has 0 spiro atoms. The second kappa shape index (κ2) is 6.61. The molecule has 0 bridgehead atoms. The van der Waals surface area contributed by atoms with Crippen LogP contribution in [0.25, 0.3) is 0 Å². The fourth-order valence-corrected chi connectivity index (χ4v) is 1.84. The second-order valence-corrected chi connectivity index (χ2v) is 5.11. The van der Waals surface area contributed by atoms with Crippen LogP contribution in [0.3, 0.4) is 0 Å². The summed E-state index contributed by atoms with van der Waals surface area (Å²) in [7, 11) is 0. The molecule has 1 rings (SSSR count). The van der Waals surface area contributed by atoms with Crippen LogP contribution in [0, 0.1) is 11.6 Å². The molecule has 0 aromatic heterocycles. The van der Waals surface area contributed by atoms with Crippen LogP contribution in [0.15, 0.2) is 18.2 Å². The zero-order valence-corrected chi connectivity index (χ0v) is 11.7. The van der Waals surface area contributed by atoms with Crippen LogP contribution in [-0.4, -0.2) is 18.0 Å². The number of hydrogen-bond acceptors (Lipinski definition) is 1. The van der Waals surface area contributed by atoms with E-state index in [2.05, 4.69) is 5.32 Å². The number of quaternary nitrogens is 1. The van der Waals surface area contributed by atoms with Gasteiger partial charge in [-0.3, -0.25) is 4.79 Å². The molecular weight excluding hydrogens is 250 g/mol. The van der Waals surface area contributed by atoms with E-state index in [4.69, 9.17) is 0 Å². The largest absolute Gasteiger partial charge is 0.349 e. The van der Waals surface area contributed by atoms with Crippen molar-refractivity contribution in [2.75, 3.05) is 0 Å². The van der Waals surface area contributed by atoms with E-state index in [0.717, 1.165) is 6.07 Å². The molecular formula is C14H21F2N2O+. The first-order chi connectivity index (χ1) is 8.81. The highest BCUT2D eigenvalue weighted by atomic mass is 19.2. The third-order valence-corrected chi connectivity index (χ3v) is 2.89. The zero-order chi connectivity index (χ0) is 14.6. The number of nitrogens with two attached hydrogens (primary N) is 1. The molecule has 5 heteroatoms. The number of nitrogens with one attached hydrogen (secondary N) is 1. The first kappa shape index (κ1) is 15.6. The first-order valence-electron chi connectivity index (χ1n) is 6.41. The van der Waals surface area contributed by atoms with Crippen molar-refractivity contribution in [3.8, 4) is 0 Å². The van der Waals surface area contributed by atoms with Gasteiger partial charge in [0, 0.05) is 11.6 Å². The third-order valence-electron chi connectivity index (χ3n) is 2.89. The van der Waals surface area contributed by atoms with Crippen LogP contribution >= 0.6 is 0 Å². The lowest BCUT2D eigenvalue weighted by molar-refractivity contribution is -0.710. The smallest absolute Gasteiger partial charge is 0.278 e. The van der Waals surface area contributed by atoms with Crippen molar-refractivity contribution >= 4 is 5.91 Å². The van der Waals surface area contributed by atoms with Crippen molar-refractivity contribution in [3.63, 3.8) is 0 Å². The van der Waals surface area contributed by atoms with Crippen LogP contribution in [-0.2, 0) is 4.79 Å². The number of benzene rings is 1. The number of carbonyl (C=O) groups excluding carboxylic acids is 1. The summed E-state index contributed by atoms with van der Waals surface area (Å²) < 4.78 is 26.0. The maximum Gasteiger partial charge on any atom is 0.278 e. The minimum atomic E-state index is -0.864. The fraction of sp³-hybridized carbons (Fsp3) is 0.500. The molecule has 0 aliphatic carbocycles. The fourth-order valence-electron chi connectivity index (χ4n) is 1.84. The summed E-state index contributed by atoms with van der Waals surface area (Å²) in [5, 5.41) is 4.64. The molecule has 0 radical (unpaired) electrons. The standard InChI is InChI=1S/C14H20F2N2O/c1-8(2)17-14(19)10(4)18-9(3)11-5-6-12(15)13(16)7-11/h5-10,18H,1-4H3,(H,17,19)/p+1/t9-,10+/m0/s1. The number of carbonyl (C=O) groups is 1. The Morgan fingerprint density at radius 3 is 2.32 bits per heavy atom. The van der Waals surface area contributed by atoms with Crippen LogP contribution in [0.4, 0.5) is 8.78 Å². The monoisotopic (exact) mass is 271 g/mol. The molecule has 1 amide bonds. The van der Waals surface area contributed by atoms with Crippen molar-refractivity contribution in [2.24, 2.45) is 0 Å². The number of hydrogen-bond donors (Lipinski definition) is 2. The van der Waals surface area contributed by atoms with Crippen molar-refractivity contribution in [1.82, 2.24) is 5.32 Å². The van der Waals surface area contributed by atoms with Crippen LogP contribution in [0.5, 0.6) is 0 Å². The molecule has 0 heterocycles. The van der Waals surface area contributed by atoms with E-state index in [9.17, 15) is 13.6 Å². The van der Waals surface area contributed by atoms with Gasteiger partial charge >= 0.3 is 0 Å². The van der Waals surface area contributed by atoms with Gasteiger partial charge in [0.25, 0.3) is 5.91 Å². The summed E-state index contributed by atoms with van der Waals surface area (Å²) in [6.45, 7) is 7.42. The lowest BCUT2D eigenvalue weighted by atomic mass is 10.1. The van der Waals surface area contributed by atoms with Gasteiger partial charge in [-0.1, -0.05) is 0 Å². The van der Waals surface area contributed by atoms with Crippen molar-refractivity contribution in [1.29, 1.82) is 0 Å². The second-order valence-electron chi connectivity index (χ2n) is 5.11. The Balaban J connectivity index is 2.65. The highest BCUT2D eigenvalue weighted by Crippen LogP contribution is 2.13. The Bertz CT molecular complexity index is 449. The molecule has 0 fully saturated rings. The Morgan fingerprint density at radius 1 is 1.16 bits per heavy atom. The summed E-state index contributed by atoms with van der Waals surface area (Å²) in [5.41, 5.74) is 0.656. The molecule has 0 saturated carbocycles. The Morgan fingerprint density at radius 2 is 1.79 bits per heavy atom. The van der Waals surface area contributed by atoms with Crippen LogP contribution in [0.2, 0.25) is 0 Å². The lowest BCUT2D eigenvalue weighted by Gasteiger charge is -2.18. The van der Waals surface area contributed by atoms with E-state index in [-0.39, 0.29) is 24.0 Å². The summed E-state index contributed by atoms with van der Waals surface area (Å²) in [4.78, 5) is 11.8. The van der Waals surface area contributed by atoms with E-state index in [1.54, 1.807) is 6.92 Å². The topological polar surface area (TPSA) is 45.7 Å². The number of halogens is 2.